The Hall–Kier alpha value is -3.71. The summed E-state index contributed by atoms with van der Waals surface area (Å²) < 4.78 is 13.5. The third-order valence-corrected chi connectivity index (χ3v) is 6.89. The van der Waals surface area contributed by atoms with Gasteiger partial charge in [0.05, 0.1) is 16.7 Å². The number of ketones is 1. The first-order valence-electron chi connectivity index (χ1n) is 12.8. The van der Waals surface area contributed by atoms with Gasteiger partial charge in [-0.3, -0.25) is 9.78 Å². The number of pyridine rings is 1. The first kappa shape index (κ1) is 25.0. The van der Waals surface area contributed by atoms with E-state index in [9.17, 15) is 4.79 Å². The number of benzene rings is 2. The molecule has 0 amide bonds. The normalized spacial score (nSPS) is 14.6. The highest BCUT2D eigenvalue weighted by molar-refractivity contribution is 5.83. The maximum absolute atomic E-state index is 12.7. The fourth-order valence-electron chi connectivity index (χ4n) is 4.64. The zero-order valence-corrected chi connectivity index (χ0v) is 22.0. The summed E-state index contributed by atoms with van der Waals surface area (Å²) in [5.74, 6) is 2.37. The average molecular weight is 499 g/mol. The number of aryl methyl sites for hydroxylation is 1. The van der Waals surface area contributed by atoms with Crippen molar-refractivity contribution in [2.75, 3.05) is 18.5 Å². The molecule has 37 heavy (non-hydrogen) atoms. The van der Waals surface area contributed by atoms with Crippen LogP contribution in [0.5, 0.6) is 11.5 Å². The highest BCUT2D eigenvalue weighted by atomic mass is 16.5. The molecule has 1 fully saturated rings. The molecule has 1 N–H and O–H groups in total. The average Bonchev–Trinajstić information content (AvgIpc) is 3.18. The van der Waals surface area contributed by atoms with Crippen molar-refractivity contribution >= 4 is 28.5 Å². The third-order valence-electron chi connectivity index (χ3n) is 6.89. The standard InChI is InChI=1S/C30H34N4O3/c1-30(2,3)21-6-5-7-22(16-21)32-29-33-26-19-24(8-9-27(26)34(29)4)37-25-10-13-31-23(17-25)18-28(35)20-11-14-36-15-12-20/h5-10,13,16-17,19-20H,11-12,14-15,18H2,1-4H3,(H,32,33). The maximum atomic E-state index is 12.7. The van der Waals surface area contributed by atoms with Crippen LogP contribution < -0.4 is 10.1 Å². The Labute approximate surface area is 217 Å². The van der Waals surface area contributed by atoms with Gasteiger partial charge in [0.2, 0.25) is 5.95 Å². The molecule has 1 aliphatic rings. The van der Waals surface area contributed by atoms with E-state index in [4.69, 9.17) is 14.5 Å². The van der Waals surface area contributed by atoms with Crippen LogP contribution in [0.1, 0.15) is 44.9 Å². The lowest BCUT2D eigenvalue weighted by Gasteiger charge is -2.20. The summed E-state index contributed by atoms with van der Waals surface area (Å²) in [5.41, 5.74) is 4.89. The number of fused-ring (bicyclic) bond motifs is 1. The van der Waals surface area contributed by atoms with Crippen molar-refractivity contribution in [3.05, 3.63) is 72.1 Å². The molecule has 7 nitrogen and oxygen atoms in total. The van der Waals surface area contributed by atoms with E-state index in [0.717, 1.165) is 41.2 Å². The van der Waals surface area contributed by atoms with Gasteiger partial charge >= 0.3 is 0 Å². The number of anilines is 2. The summed E-state index contributed by atoms with van der Waals surface area (Å²) in [6.45, 7) is 7.93. The largest absolute Gasteiger partial charge is 0.457 e. The van der Waals surface area contributed by atoms with E-state index >= 15 is 0 Å². The molecule has 0 radical (unpaired) electrons. The van der Waals surface area contributed by atoms with Gasteiger partial charge in [0.25, 0.3) is 0 Å². The Morgan fingerprint density at radius 3 is 2.65 bits per heavy atom. The van der Waals surface area contributed by atoms with Crippen LogP contribution in [0, 0.1) is 5.92 Å². The van der Waals surface area contributed by atoms with Gasteiger partial charge in [0.15, 0.2) is 0 Å². The summed E-state index contributed by atoms with van der Waals surface area (Å²) in [7, 11) is 2.00. The second-order valence-corrected chi connectivity index (χ2v) is 10.7. The highest BCUT2D eigenvalue weighted by Crippen LogP contribution is 2.30. The summed E-state index contributed by atoms with van der Waals surface area (Å²) in [5, 5.41) is 3.46. The monoisotopic (exact) mass is 498 g/mol. The third kappa shape index (κ3) is 5.83. The highest BCUT2D eigenvalue weighted by Gasteiger charge is 2.22. The molecule has 2 aromatic heterocycles. The van der Waals surface area contributed by atoms with Gasteiger partial charge in [-0.25, -0.2) is 4.98 Å². The summed E-state index contributed by atoms with van der Waals surface area (Å²) in [6.07, 6.45) is 3.58. The Morgan fingerprint density at radius 2 is 1.86 bits per heavy atom. The number of rotatable bonds is 7. The first-order chi connectivity index (χ1) is 17.8. The summed E-state index contributed by atoms with van der Waals surface area (Å²) >= 11 is 0. The first-order valence-corrected chi connectivity index (χ1v) is 12.8. The molecule has 0 spiro atoms. The molecule has 0 atom stereocenters. The number of Topliss-reactive ketones (excluding diaryl/α,β-unsaturated/α-hetero) is 1. The summed E-state index contributed by atoms with van der Waals surface area (Å²) in [4.78, 5) is 21.9. The van der Waals surface area contributed by atoms with Crippen LogP contribution in [-0.4, -0.2) is 33.5 Å². The van der Waals surface area contributed by atoms with E-state index < -0.39 is 0 Å². The molecule has 0 saturated carbocycles. The zero-order chi connectivity index (χ0) is 26.0. The predicted octanol–water partition coefficient (Wildman–Crippen LogP) is 6.34. The van der Waals surface area contributed by atoms with E-state index in [-0.39, 0.29) is 17.1 Å². The van der Waals surface area contributed by atoms with Crippen LogP contribution in [0.4, 0.5) is 11.6 Å². The van der Waals surface area contributed by atoms with Crippen molar-refractivity contribution in [2.24, 2.45) is 13.0 Å². The van der Waals surface area contributed by atoms with Crippen molar-refractivity contribution in [3.63, 3.8) is 0 Å². The van der Waals surface area contributed by atoms with Gasteiger partial charge in [-0.05, 0) is 54.2 Å². The summed E-state index contributed by atoms with van der Waals surface area (Å²) in [6, 6.07) is 18.0. The van der Waals surface area contributed by atoms with E-state index in [1.807, 2.05) is 35.9 Å². The van der Waals surface area contributed by atoms with E-state index in [2.05, 4.69) is 55.3 Å². The van der Waals surface area contributed by atoms with Crippen molar-refractivity contribution in [3.8, 4) is 11.5 Å². The maximum Gasteiger partial charge on any atom is 0.208 e. The molecule has 192 valence electrons. The Morgan fingerprint density at radius 1 is 1.08 bits per heavy atom. The van der Waals surface area contributed by atoms with Crippen molar-refractivity contribution in [1.29, 1.82) is 0 Å². The van der Waals surface area contributed by atoms with Gasteiger partial charge in [-0.2, -0.15) is 0 Å². The molecule has 1 saturated heterocycles. The molecule has 0 bridgehead atoms. The lowest BCUT2D eigenvalue weighted by atomic mass is 9.87. The van der Waals surface area contributed by atoms with Crippen molar-refractivity contribution in [1.82, 2.24) is 14.5 Å². The second kappa shape index (κ2) is 10.3. The molecule has 0 unspecified atom stereocenters. The quantitative estimate of drug-likeness (QED) is 0.320. The molecule has 5 rings (SSSR count). The minimum Gasteiger partial charge on any atom is -0.457 e. The molecular formula is C30H34N4O3. The Kier molecular flexibility index (Phi) is 6.98. The fraction of sp³-hybridized carbons (Fsp3) is 0.367. The second-order valence-electron chi connectivity index (χ2n) is 10.7. The smallest absolute Gasteiger partial charge is 0.208 e. The lowest BCUT2D eigenvalue weighted by molar-refractivity contribution is -0.125. The van der Waals surface area contributed by atoms with Gasteiger partial charge < -0.3 is 19.4 Å². The lowest BCUT2D eigenvalue weighted by Crippen LogP contribution is -2.24. The van der Waals surface area contributed by atoms with Crippen LogP contribution in [0.2, 0.25) is 0 Å². The number of nitrogens with one attached hydrogen (secondary N) is 1. The van der Waals surface area contributed by atoms with Gasteiger partial charge in [0.1, 0.15) is 17.3 Å². The van der Waals surface area contributed by atoms with Crippen LogP contribution in [0.3, 0.4) is 0 Å². The number of imidazole rings is 1. The van der Waals surface area contributed by atoms with Crippen LogP contribution in [-0.2, 0) is 28.4 Å². The number of carbonyl (C=O) groups excluding carboxylic acids is 1. The number of hydrogen-bond donors (Lipinski definition) is 1. The van der Waals surface area contributed by atoms with E-state index in [0.29, 0.717) is 31.1 Å². The van der Waals surface area contributed by atoms with Gasteiger partial charge in [-0.15, -0.1) is 0 Å². The van der Waals surface area contributed by atoms with E-state index in [1.165, 1.54) is 5.56 Å². The van der Waals surface area contributed by atoms with Crippen LogP contribution in [0.25, 0.3) is 11.0 Å². The number of ether oxygens (including phenoxy) is 2. The molecular weight excluding hydrogens is 464 g/mol. The molecule has 0 aliphatic carbocycles. The number of carbonyl (C=O) groups is 1. The van der Waals surface area contributed by atoms with Crippen molar-refractivity contribution < 1.29 is 14.3 Å². The van der Waals surface area contributed by atoms with Gasteiger partial charge in [0, 0.05) is 56.6 Å². The molecule has 7 heteroatoms. The van der Waals surface area contributed by atoms with Gasteiger partial charge in [-0.1, -0.05) is 32.9 Å². The fourth-order valence-corrected chi connectivity index (χ4v) is 4.64. The SMILES string of the molecule is Cn1c(Nc2cccc(C(C)(C)C)c2)nc2cc(Oc3ccnc(CC(=O)C4CCOCC4)c3)ccc21. The van der Waals surface area contributed by atoms with Crippen LogP contribution >= 0.6 is 0 Å². The zero-order valence-electron chi connectivity index (χ0n) is 22.0. The number of nitrogens with zero attached hydrogens (tertiary/aromatic N) is 3. The van der Waals surface area contributed by atoms with Crippen LogP contribution in [0.15, 0.2) is 60.8 Å². The number of hydrogen-bond acceptors (Lipinski definition) is 6. The molecule has 3 heterocycles. The van der Waals surface area contributed by atoms with E-state index in [1.54, 1.807) is 12.3 Å². The Bertz CT molecular complexity index is 1410. The topological polar surface area (TPSA) is 78.3 Å². The molecule has 1 aliphatic heterocycles. The molecule has 2 aromatic carbocycles. The molecule has 4 aromatic rings. The van der Waals surface area contributed by atoms with Crippen molar-refractivity contribution in [2.45, 2.75) is 45.4 Å². The number of aromatic nitrogens is 3. The minimum atomic E-state index is 0.0606. The predicted molar refractivity (Wildman–Crippen MR) is 146 cm³/mol. The minimum absolute atomic E-state index is 0.0606. The Balaban J connectivity index is 1.31.